The summed E-state index contributed by atoms with van der Waals surface area (Å²) >= 11 is 6.44. The predicted molar refractivity (Wildman–Crippen MR) is 123 cm³/mol. The van der Waals surface area contributed by atoms with Crippen molar-refractivity contribution in [1.29, 1.82) is 0 Å². The third-order valence-electron chi connectivity index (χ3n) is 6.97. The van der Waals surface area contributed by atoms with E-state index < -0.39 is 0 Å². The number of aryl methyl sites for hydroxylation is 1. The summed E-state index contributed by atoms with van der Waals surface area (Å²) in [5.74, 6) is 1.19. The summed E-state index contributed by atoms with van der Waals surface area (Å²) in [7, 11) is 0. The quantitative estimate of drug-likeness (QED) is 0.625. The Morgan fingerprint density at radius 3 is 2.84 bits per heavy atom. The molecule has 8 heteroatoms. The molecule has 0 spiro atoms. The molecule has 2 aliphatic heterocycles. The van der Waals surface area contributed by atoms with Crippen LogP contribution < -0.4 is 10.1 Å². The van der Waals surface area contributed by atoms with E-state index in [0.717, 1.165) is 49.8 Å². The summed E-state index contributed by atoms with van der Waals surface area (Å²) in [4.78, 5) is 23.4. The molecule has 1 aromatic carbocycles. The van der Waals surface area contributed by atoms with E-state index in [0.29, 0.717) is 16.7 Å². The maximum Gasteiger partial charge on any atom is 0.410 e. The van der Waals surface area contributed by atoms with Crippen LogP contribution in [0.3, 0.4) is 0 Å². The van der Waals surface area contributed by atoms with Crippen molar-refractivity contribution in [3.8, 4) is 5.88 Å². The number of aromatic nitrogens is 2. The SMILES string of the molecule is CCc1ccc(Nc2ncnc(O[C@H]3CC4CCC3N4C(=O)OC3(C)CC3)c2C)c(Cl)c1. The third-order valence-corrected chi connectivity index (χ3v) is 7.29. The summed E-state index contributed by atoms with van der Waals surface area (Å²) in [6.07, 6.45) is 6.74. The van der Waals surface area contributed by atoms with E-state index >= 15 is 0 Å². The van der Waals surface area contributed by atoms with E-state index in [9.17, 15) is 4.79 Å². The minimum absolute atomic E-state index is 0.0247. The summed E-state index contributed by atoms with van der Waals surface area (Å²) in [5, 5.41) is 3.95. The molecule has 1 aromatic heterocycles. The number of benzene rings is 1. The van der Waals surface area contributed by atoms with Gasteiger partial charge in [-0.05, 0) is 63.6 Å². The molecule has 2 unspecified atom stereocenters. The summed E-state index contributed by atoms with van der Waals surface area (Å²) in [6.45, 7) is 6.02. The van der Waals surface area contributed by atoms with Gasteiger partial charge in [-0.2, -0.15) is 0 Å². The highest BCUT2D eigenvalue weighted by molar-refractivity contribution is 6.33. The number of fused-ring (bicyclic) bond motifs is 2. The van der Waals surface area contributed by atoms with Crippen molar-refractivity contribution in [2.45, 2.75) is 83.1 Å². The highest BCUT2D eigenvalue weighted by atomic mass is 35.5. The number of anilines is 2. The Labute approximate surface area is 193 Å². The maximum atomic E-state index is 12.8. The molecule has 5 rings (SSSR count). The van der Waals surface area contributed by atoms with Crippen LogP contribution in [0.25, 0.3) is 0 Å². The van der Waals surface area contributed by atoms with Crippen molar-refractivity contribution < 1.29 is 14.3 Å². The van der Waals surface area contributed by atoms with E-state index in [1.165, 1.54) is 11.9 Å². The molecule has 3 fully saturated rings. The molecule has 2 aromatic rings. The van der Waals surface area contributed by atoms with E-state index in [1.54, 1.807) is 0 Å². The summed E-state index contributed by atoms with van der Waals surface area (Å²) in [6, 6.07) is 6.17. The van der Waals surface area contributed by atoms with Gasteiger partial charge < -0.3 is 14.8 Å². The zero-order valence-electron chi connectivity index (χ0n) is 18.7. The van der Waals surface area contributed by atoms with E-state index in [2.05, 4.69) is 22.2 Å². The number of hydrogen-bond donors (Lipinski definition) is 1. The first-order chi connectivity index (χ1) is 15.4. The van der Waals surface area contributed by atoms with Crippen LogP contribution in [0.15, 0.2) is 24.5 Å². The Morgan fingerprint density at radius 1 is 1.31 bits per heavy atom. The lowest BCUT2D eigenvalue weighted by molar-refractivity contribution is 0.0482. The van der Waals surface area contributed by atoms with Crippen LogP contribution in [0.4, 0.5) is 16.3 Å². The molecule has 32 heavy (non-hydrogen) atoms. The molecule has 1 amide bonds. The van der Waals surface area contributed by atoms with Crippen molar-refractivity contribution in [3.05, 3.63) is 40.7 Å². The minimum Gasteiger partial charge on any atom is -0.472 e. The third kappa shape index (κ3) is 3.98. The number of carbonyl (C=O) groups excluding carboxylic acids is 1. The van der Waals surface area contributed by atoms with E-state index in [1.807, 2.05) is 36.9 Å². The van der Waals surface area contributed by atoms with Gasteiger partial charge in [0.15, 0.2) is 0 Å². The molecule has 3 heterocycles. The molecule has 2 bridgehead atoms. The first kappa shape index (κ1) is 21.3. The maximum absolute atomic E-state index is 12.8. The predicted octanol–water partition coefficient (Wildman–Crippen LogP) is 5.42. The lowest BCUT2D eigenvalue weighted by Crippen LogP contribution is -2.41. The van der Waals surface area contributed by atoms with Gasteiger partial charge in [-0.1, -0.05) is 24.6 Å². The second-order valence-electron chi connectivity index (χ2n) is 9.36. The van der Waals surface area contributed by atoms with Gasteiger partial charge in [-0.3, -0.25) is 4.90 Å². The van der Waals surface area contributed by atoms with Crippen LogP contribution in [0, 0.1) is 6.92 Å². The molecular weight excluding hydrogens is 428 g/mol. The number of nitrogens with one attached hydrogen (secondary N) is 1. The van der Waals surface area contributed by atoms with Crippen LogP contribution in [0.1, 0.15) is 57.1 Å². The first-order valence-corrected chi connectivity index (χ1v) is 11.8. The second-order valence-corrected chi connectivity index (χ2v) is 9.77. The molecule has 3 aliphatic rings. The zero-order chi connectivity index (χ0) is 22.5. The van der Waals surface area contributed by atoms with Crippen molar-refractivity contribution in [2.24, 2.45) is 0 Å². The molecule has 1 saturated carbocycles. The Kier molecular flexibility index (Phi) is 5.40. The van der Waals surface area contributed by atoms with Crippen LogP contribution in [-0.4, -0.2) is 44.7 Å². The van der Waals surface area contributed by atoms with Gasteiger partial charge in [0.1, 0.15) is 23.9 Å². The molecule has 3 atom stereocenters. The minimum atomic E-state index is -0.268. The van der Waals surface area contributed by atoms with E-state index in [-0.39, 0.29) is 29.9 Å². The van der Waals surface area contributed by atoms with Crippen molar-refractivity contribution >= 4 is 29.2 Å². The van der Waals surface area contributed by atoms with Crippen molar-refractivity contribution in [3.63, 3.8) is 0 Å². The molecule has 1 aliphatic carbocycles. The average molecular weight is 457 g/mol. The monoisotopic (exact) mass is 456 g/mol. The van der Waals surface area contributed by atoms with Crippen LogP contribution in [0.5, 0.6) is 5.88 Å². The summed E-state index contributed by atoms with van der Waals surface area (Å²) in [5.41, 5.74) is 2.51. The highest BCUT2D eigenvalue weighted by Gasteiger charge is 2.53. The summed E-state index contributed by atoms with van der Waals surface area (Å²) < 4.78 is 12.1. The number of rotatable bonds is 6. The average Bonchev–Trinajstić information content (AvgIpc) is 3.20. The first-order valence-electron chi connectivity index (χ1n) is 11.4. The van der Waals surface area contributed by atoms with Gasteiger partial charge in [0.05, 0.1) is 22.3 Å². The molecule has 1 N–H and O–H groups in total. The number of ether oxygens (including phenoxy) is 2. The smallest absolute Gasteiger partial charge is 0.410 e. The number of nitrogens with zero attached hydrogens (tertiary/aromatic N) is 3. The largest absolute Gasteiger partial charge is 0.472 e. The normalized spacial score (nSPS) is 25.0. The van der Waals surface area contributed by atoms with Gasteiger partial charge in [0.2, 0.25) is 5.88 Å². The topological polar surface area (TPSA) is 76.6 Å². The van der Waals surface area contributed by atoms with Gasteiger partial charge in [-0.25, -0.2) is 14.8 Å². The van der Waals surface area contributed by atoms with Gasteiger partial charge >= 0.3 is 6.09 Å². The van der Waals surface area contributed by atoms with Gasteiger partial charge in [0.25, 0.3) is 0 Å². The number of amides is 1. The fourth-order valence-electron chi connectivity index (χ4n) is 4.72. The lowest BCUT2D eigenvalue weighted by Gasteiger charge is -2.26. The van der Waals surface area contributed by atoms with Gasteiger partial charge in [0, 0.05) is 12.5 Å². The number of halogens is 1. The van der Waals surface area contributed by atoms with E-state index in [4.69, 9.17) is 21.1 Å². The lowest BCUT2D eigenvalue weighted by atomic mass is 9.98. The Balaban J connectivity index is 1.30. The Hall–Kier alpha value is -2.54. The number of carbonyl (C=O) groups is 1. The Bertz CT molecular complexity index is 1040. The molecule has 170 valence electrons. The highest BCUT2D eigenvalue weighted by Crippen LogP contribution is 2.44. The standard InChI is InChI=1S/C24H29ClN4O3/c1-4-15-5-7-18(17(25)11-15)28-21-14(2)22(27-13-26-21)31-20-12-16-6-8-19(20)29(16)23(30)32-24(3)9-10-24/h5,7,11,13,16,19-20H,4,6,8-10,12H2,1-3H3,(H,26,27,28)/t16?,19?,20-/m0/s1. The fourth-order valence-corrected chi connectivity index (χ4v) is 4.97. The molecular formula is C24H29ClN4O3. The molecule has 2 saturated heterocycles. The fraction of sp³-hybridized carbons (Fsp3) is 0.542. The zero-order valence-corrected chi connectivity index (χ0v) is 19.5. The van der Waals surface area contributed by atoms with Crippen LogP contribution >= 0.6 is 11.6 Å². The van der Waals surface area contributed by atoms with Crippen molar-refractivity contribution in [1.82, 2.24) is 14.9 Å². The van der Waals surface area contributed by atoms with Gasteiger partial charge in [-0.15, -0.1) is 0 Å². The molecule has 0 radical (unpaired) electrons. The van der Waals surface area contributed by atoms with Crippen LogP contribution in [0.2, 0.25) is 5.02 Å². The second kappa shape index (κ2) is 8.10. The molecule has 7 nitrogen and oxygen atoms in total. The number of hydrogen-bond acceptors (Lipinski definition) is 6. The van der Waals surface area contributed by atoms with Crippen LogP contribution in [-0.2, 0) is 11.2 Å². The Morgan fingerprint density at radius 2 is 2.12 bits per heavy atom. The van der Waals surface area contributed by atoms with Crippen molar-refractivity contribution in [2.75, 3.05) is 5.32 Å².